The van der Waals surface area contributed by atoms with Gasteiger partial charge in [0.25, 0.3) is 0 Å². The number of methoxy groups -OCH3 is 1. The lowest BCUT2D eigenvalue weighted by Crippen LogP contribution is -2.26. The fourth-order valence-electron chi connectivity index (χ4n) is 3.40. The highest BCUT2D eigenvalue weighted by molar-refractivity contribution is 5.73. The summed E-state index contributed by atoms with van der Waals surface area (Å²) in [4.78, 5) is 11.9. The average Bonchev–Trinajstić information content (AvgIpc) is 2.92. The van der Waals surface area contributed by atoms with Crippen LogP contribution in [0.5, 0.6) is 0 Å². The summed E-state index contributed by atoms with van der Waals surface area (Å²) in [6.45, 7) is 4.27. The summed E-state index contributed by atoms with van der Waals surface area (Å²) in [5.74, 6) is 2.28. The smallest absolute Gasteiger partial charge is 0.309 e. The standard InChI is InChI=1S/C14H24O4/c1-10-7-12-8-11(10)9-13(12)14(15)18-6-5-17-4-3-16-2/h10-13H,3-9H2,1-2H3. The van der Waals surface area contributed by atoms with Gasteiger partial charge in [-0.2, -0.15) is 0 Å². The molecule has 4 heteroatoms. The quantitative estimate of drug-likeness (QED) is 0.515. The van der Waals surface area contributed by atoms with Gasteiger partial charge >= 0.3 is 5.97 Å². The van der Waals surface area contributed by atoms with Gasteiger partial charge in [0, 0.05) is 7.11 Å². The van der Waals surface area contributed by atoms with E-state index in [1.165, 1.54) is 12.8 Å². The lowest BCUT2D eigenvalue weighted by Gasteiger charge is -2.24. The Morgan fingerprint density at radius 2 is 1.83 bits per heavy atom. The maximum atomic E-state index is 11.9. The summed E-state index contributed by atoms with van der Waals surface area (Å²) < 4.78 is 15.4. The van der Waals surface area contributed by atoms with Gasteiger partial charge in [-0.3, -0.25) is 4.79 Å². The van der Waals surface area contributed by atoms with Crippen LogP contribution in [-0.4, -0.2) is 39.5 Å². The molecule has 0 spiro atoms. The molecule has 0 aromatic carbocycles. The molecule has 4 unspecified atom stereocenters. The third-order valence-corrected chi connectivity index (χ3v) is 4.42. The Kier molecular flexibility index (Phi) is 5.01. The number of rotatable bonds is 7. The molecule has 2 saturated carbocycles. The summed E-state index contributed by atoms with van der Waals surface area (Å²) in [5.41, 5.74) is 0. The molecule has 0 heterocycles. The van der Waals surface area contributed by atoms with Crippen LogP contribution in [-0.2, 0) is 19.0 Å². The van der Waals surface area contributed by atoms with Gasteiger partial charge in [-0.05, 0) is 37.0 Å². The van der Waals surface area contributed by atoms with Gasteiger partial charge in [0.05, 0.1) is 25.7 Å². The Hall–Kier alpha value is -0.610. The zero-order valence-electron chi connectivity index (χ0n) is 11.4. The van der Waals surface area contributed by atoms with Crippen LogP contribution in [0.4, 0.5) is 0 Å². The molecule has 4 nitrogen and oxygen atoms in total. The van der Waals surface area contributed by atoms with E-state index >= 15 is 0 Å². The van der Waals surface area contributed by atoms with Crippen molar-refractivity contribution in [2.75, 3.05) is 33.5 Å². The predicted octanol–water partition coefficient (Wildman–Crippen LogP) is 1.87. The summed E-state index contributed by atoms with van der Waals surface area (Å²) >= 11 is 0. The van der Waals surface area contributed by atoms with Crippen molar-refractivity contribution >= 4 is 5.97 Å². The monoisotopic (exact) mass is 256 g/mol. The molecule has 2 bridgehead atoms. The molecule has 104 valence electrons. The zero-order valence-corrected chi connectivity index (χ0v) is 11.4. The molecule has 0 saturated heterocycles. The summed E-state index contributed by atoms with van der Waals surface area (Å²) in [7, 11) is 1.64. The number of ether oxygens (including phenoxy) is 3. The Morgan fingerprint density at radius 1 is 1.06 bits per heavy atom. The molecule has 18 heavy (non-hydrogen) atoms. The van der Waals surface area contributed by atoms with Gasteiger partial charge in [0.1, 0.15) is 6.61 Å². The highest BCUT2D eigenvalue weighted by Crippen LogP contribution is 2.51. The van der Waals surface area contributed by atoms with E-state index in [2.05, 4.69) is 6.92 Å². The van der Waals surface area contributed by atoms with Crippen LogP contribution >= 0.6 is 0 Å². The fourth-order valence-corrected chi connectivity index (χ4v) is 3.40. The molecule has 2 aliphatic carbocycles. The van der Waals surface area contributed by atoms with Gasteiger partial charge in [-0.1, -0.05) is 6.92 Å². The second kappa shape index (κ2) is 6.53. The molecular weight excluding hydrogens is 232 g/mol. The van der Waals surface area contributed by atoms with E-state index in [0.29, 0.717) is 32.3 Å². The van der Waals surface area contributed by atoms with Crippen LogP contribution in [0.2, 0.25) is 0 Å². The zero-order chi connectivity index (χ0) is 13.0. The molecule has 0 amide bonds. The SMILES string of the molecule is COCCOCCOC(=O)C1CC2CC1CC2C. The van der Waals surface area contributed by atoms with E-state index in [-0.39, 0.29) is 11.9 Å². The molecule has 0 aromatic heterocycles. The minimum absolute atomic E-state index is 0.00950. The van der Waals surface area contributed by atoms with Crippen LogP contribution in [0.25, 0.3) is 0 Å². The van der Waals surface area contributed by atoms with E-state index < -0.39 is 0 Å². The molecule has 2 aliphatic rings. The van der Waals surface area contributed by atoms with Gasteiger partial charge in [0.15, 0.2) is 0 Å². The van der Waals surface area contributed by atoms with Crippen molar-refractivity contribution in [3.05, 3.63) is 0 Å². The Bertz CT molecular complexity index is 277. The average molecular weight is 256 g/mol. The van der Waals surface area contributed by atoms with Gasteiger partial charge in [0.2, 0.25) is 0 Å². The van der Waals surface area contributed by atoms with Crippen LogP contribution in [0.3, 0.4) is 0 Å². The van der Waals surface area contributed by atoms with Crippen molar-refractivity contribution in [3.63, 3.8) is 0 Å². The Morgan fingerprint density at radius 3 is 2.44 bits per heavy atom. The Balaban J connectivity index is 1.59. The maximum absolute atomic E-state index is 11.9. The third-order valence-electron chi connectivity index (χ3n) is 4.42. The minimum Gasteiger partial charge on any atom is -0.463 e. The van der Waals surface area contributed by atoms with E-state index in [9.17, 15) is 4.79 Å². The van der Waals surface area contributed by atoms with E-state index in [1.54, 1.807) is 7.11 Å². The number of hydrogen-bond acceptors (Lipinski definition) is 4. The molecule has 2 fully saturated rings. The molecule has 0 aromatic rings. The fraction of sp³-hybridized carbons (Fsp3) is 0.929. The topological polar surface area (TPSA) is 44.8 Å². The van der Waals surface area contributed by atoms with E-state index in [1.807, 2.05) is 0 Å². The lowest BCUT2D eigenvalue weighted by molar-refractivity contribution is -0.152. The van der Waals surface area contributed by atoms with Crippen LogP contribution in [0.1, 0.15) is 26.2 Å². The predicted molar refractivity (Wildman–Crippen MR) is 67.1 cm³/mol. The van der Waals surface area contributed by atoms with E-state index in [4.69, 9.17) is 14.2 Å². The first-order valence-electron chi connectivity index (χ1n) is 6.95. The lowest BCUT2D eigenvalue weighted by atomic mass is 9.83. The summed E-state index contributed by atoms with van der Waals surface area (Å²) in [6.07, 6.45) is 3.47. The van der Waals surface area contributed by atoms with Crippen LogP contribution in [0.15, 0.2) is 0 Å². The second-order valence-corrected chi connectivity index (χ2v) is 5.58. The van der Waals surface area contributed by atoms with Crippen molar-refractivity contribution in [2.24, 2.45) is 23.7 Å². The number of carbonyl (C=O) groups excluding carboxylic acids is 1. The first-order chi connectivity index (χ1) is 8.72. The number of carbonyl (C=O) groups is 1. The first kappa shape index (κ1) is 13.8. The van der Waals surface area contributed by atoms with E-state index in [0.717, 1.165) is 18.3 Å². The molecule has 0 radical (unpaired) electrons. The summed E-state index contributed by atoms with van der Waals surface area (Å²) in [5, 5.41) is 0. The van der Waals surface area contributed by atoms with Crippen molar-refractivity contribution < 1.29 is 19.0 Å². The molecule has 2 rings (SSSR count). The van der Waals surface area contributed by atoms with Crippen molar-refractivity contribution in [1.82, 2.24) is 0 Å². The Labute approximate surface area is 109 Å². The minimum atomic E-state index is -0.00950. The van der Waals surface area contributed by atoms with Crippen molar-refractivity contribution in [1.29, 1.82) is 0 Å². The highest BCUT2D eigenvalue weighted by atomic mass is 16.6. The number of hydrogen-bond donors (Lipinski definition) is 0. The van der Waals surface area contributed by atoms with Gasteiger partial charge in [-0.25, -0.2) is 0 Å². The van der Waals surface area contributed by atoms with Gasteiger partial charge in [-0.15, -0.1) is 0 Å². The van der Waals surface area contributed by atoms with Crippen molar-refractivity contribution in [3.8, 4) is 0 Å². The van der Waals surface area contributed by atoms with Crippen LogP contribution < -0.4 is 0 Å². The maximum Gasteiger partial charge on any atom is 0.309 e. The number of fused-ring (bicyclic) bond motifs is 2. The van der Waals surface area contributed by atoms with Crippen molar-refractivity contribution in [2.45, 2.75) is 26.2 Å². The normalized spacial score (nSPS) is 33.9. The second-order valence-electron chi connectivity index (χ2n) is 5.58. The number of esters is 1. The highest BCUT2D eigenvalue weighted by Gasteiger charge is 2.47. The van der Waals surface area contributed by atoms with Gasteiger partial charge < -0.3 is 14.2 Å². The first-order valence-corrected chi connectivity index (χ1v) is 6.95. The molecule has 0 aliphatic heterocycles. The molecular formula is C14H24O4. The molecule has 4 atom stereocenters. The largest absolute Gasteiger partial charge is 0.463 e. The summed E-state index contributed by atoms with van der Waals surface area (Å²) in [6, 6.07) is 0. The molecule has 0 N–H and O–H groups in total. The van der Waals surface area contributed by atoms with Crippen LogP contribution in [0, 0.1) is 23.7 Å². The third kappa shape index (κ3) is 3.23.